The molecule has 14 rings (SSSR count). The SMILES string of the molecule is CC(C)(C)N(C(=O)O)c1ccc2c(c1)[C@]1(CCC2)Cc2nc(OC[C@@]34CCCN3C[C@H](F)C4)nc(N3CC(C(N)=O)C3)c2CO1.CC(C)(C)OC(=O)Nc1ccc2c(c1)[C@]1(CCC2)Cc2nc(OC[C@@]34CCCN3C[C@H](F)C4)nc(N3CC(C(N)=O)C3)c2CO1. The van der Waals surface area contributed by atoms with E-state index in [0.29, 0.717) is 108 Å². The molecule has 24 heteroatoms. The van der Waals surface area contributed by atoms with Gasteiger partial charge in [0.25, 0.3) is 0 Å². The number of rotatable bonds is 12. The molecule has 0 radical (unpaired) electrons. The number of carbonyl (C=O) groups is 4. The first kappa shape index (κ1) is 61.8. The van der Waals surface area contributed by atoms with Gasteiger partial charge in [0.1, 0.15) is 42.8 Å². The van der Waals surface area contributed by atoms with Crippen molar-refractivity contribution in [3.63, 3.8) is 0 Å². The predicted molar refractivity (Wildman–Crippen MR) is 330 cm³/mol. The van der Waals surface area contributed by atoms with Crippen LogP contribution in [0.4, 0.5) is 41.4 Å². The van der Waals surface area contributed by atoms with Crippen molar-refractivity contribution in [3.8, 4) is 12.0 Å². The Morgan fingerprint density at radius 3 is 1.60 bits per heavy atom. The molecule has 22 nitrogen and oxygen atoms in total. The van der Waals surface area contributed by atoms with Crippen LogP contribution < -0.4 is 41.0 Å². The van der Waals surface area contributed by atoms with Crippen LogP contribution in [-0.4, -0.2) is 159 Å². The quantitative estimate of drug-likeness (QED) is 0.105. The Labute approximate surface area is 524 Å². The Balaban J connectivity index is 0.000000165. The number of benzene rings is 2. The normalized spacial score (nSPS) is 27.9. The lowest BCUT2D eigenvalue weighted by atomic mass is 9.74. The summed E-state index contributed by atoms with van der Waals surface area (Å²) in [5.74, 6) is 0.261. The number of anilines is 4. The van der Waals surface area contributed by atoms with Crippen molar-refractivity contribution in [1.29, 1.82) is 0 Å². The molecule has 2 aliphatic carbocycles. The van der Waals surface area contributed by atoms with E-state index in [-0.39, 0.29) is 53.4 Å². The fourth-order valence-corrected chi connectivity index (χ4v) is 16.2. The monoisotopic (exact) mass is 1240 g/mol. The van der Waals surface area contributed by atoms with Gasteiger partial charge in [0.15, 0.2) is 0 Å². The maximum Gasteiger partial charge on any atom is 0.412 e. The van der Waals surface area contributed by atoms with Gasteiger partial charge in [-0.15, -0.1) is 0 Å². The molecule has 6 atom stereocenters. The first-order chi connectivity index (χ1) is 42.8. The summed E-state index contributed by atoms with van der Waals surface area (Å²) in [6, 6.07) is 12.4. The van der Waals surface area contributed by atoms with Crippen LogP contribution in [0, 0.1) is 11.8 Å². The molecule has 0 unspecified atom stereocenters. The van der Waals surface area contributed by atoms with Gasteiger partial charge in [-0.05, 0) is 165 Å². The number of aromatic nitrogens is 4. The molecule has 8 aliphatic heterocycles. The number of amides is 4. The number of nitrogens with one attached hydrogen (secondary N) is 1. The van der Waals surface area contributed by atoms with E-state index in [1.807, 2.05) is 81.7 Å². The van der Waals surface area contributed by atoms with Crippen molar-refractivity contribution in [2.75, 3.05) is 85.6 Å². The van der Waals surface area contributed by atoms with E-state index < -0.39 is 46.9 Å². The van der Waals surface area contributed by atoms with Crippen molar-refractivity contribution in [1.82, 2.24) is 29.7 Å². The molecule has 6 saturated heterocycles. The molecular weight excluding hydrogens is 1160 g/mol. The molecule has 10 heterocycles. The summed E-state index contributed by atoms with van der Waals surface area (Å²) in [6.45, 7) is 16.9. The molecule has 4 aromatic rings. The molecule has 10 aliphatic rings. The topological polar surface area (TPSA) is 266 Å². The molecule has 6 fully saturated rings. The average molecular weight is 1250 g/mol. The molecule has 484 valence electrons. The summed E-state index contributed by atoms with van der Waals surface area (Å²) < 4.78 is 60.6. The zero-order chi connectivity index (χ0) is 63.3. The average Bonchev–Trinajstić information content (AvgIpc) is 1.10. The van der Waals surface area contributed by atoms with Crippen LogP contribution in [0.25, 0.3) is 0 Å². The molecule has 6 N–H and O–H groups in total. The number of ether oxygens (including phenoxy) is 5. The number of halogens is 2. The van der Waals surface area contributed by atoms with Crippen molar-refractivity contribution >= 4 is 47.0 Å². The number of carboxylic acid groups (broad SMARTS) is 1. The highest BCUT2D eigenvalue weighted by atomic mass is 19.1. The number of hydrogen-bond acceptors (Lipinski definition) is 17. The van der Waals surface area contributed by atoms with Gasteiger partial charge in [-0.25, -0.2) is 18.4 Å². The van der Waals surface area contributed by atoms with Crippen molar-refractivity contribution in [2.45, 2.75) is 190 Å². The summed E-state index contributed by atoms with van der Waals surface area (Å²) in [5.41, 5.74) is 17.0. The van der Waals surface area contributed by atoms with Gasteiger partial charge in [0.05, 0.1) is 58.7 Å². The Hall–Kier alpha value is -7.02. The highest BCUT2D eigenvalue weighted by molar-refractivity contribution is 5.88. The highest BCUT2D eigenvalue weighted by Crippen LogP contribution is 2.51. The van der Waals surface area contributed by atoms with Crippen LogP contribution >= 0.6 is 0 Å². The Morgan fingerprint density at radius 1 is 0.667 bits per heavy atom. The first-order valence-corrected chi connectivity index (χ1v) is 32.3. The van der Waals surface area contributed by atoms with Gasteiger partial charge in [-0.3, -0.25) is 29.6 Å². The smallest absolute Gasteiger partial charge is 0.412 e. The third kappa shape index (κ3) is 11.7. The van der Waals surface area contributed by atoms with Crippen molar-refractivity contribution in [3.05, 3.63) is 81.2 Å². The lowest BCUT2D eigenvalue weighted by molar-refractivity contribution is -0.123. The van der Waals surface area contributed by atoms with Crippen LogP contribution in [0.1, 0.15) is 151 Å². The second-order valence-corrected chi connectivity index (χ2v) is 29.0. The number of primary amides is 2. The summed E-state index contributed by atoms with van der Waals surface area (Å²) >= 11 is 0. The van der Waals surface area contributed by atoms with Crippen LogP contribution in [-0.2, 0) is 73.9 Å². The molecule has 0 bridgehead atoms. The number of aryl methyl sites for hydroxylation is 2. The second kappa shape index (κ2) is 23.3. The zero-order valence-corrected chi connectivity index (χ0v) is 52.7. The summed E-state index contributed by atoms with van der Waals surface area (Å²) in [7, 11) is 0. The van der Waals surface area contributed by atoms with Crippen molar-refractivity contribution < 1.29 is 56.7 Å². The Bertz CT molecular complexity index is 3480. The number of fused-ring (bicyclic) bond motifs is 8. The summed E-state index contributed by atoms with van der Waals surface area (Å²) in [4.78, 5) is 78.0. The first-order valence-electron chi connectivity index (χ1n) is 32.3. The van der Waals surface area contributed by atoms with Crippen LogP contribution in [0.3, 0.4) is 0 Å². The number of alkyl halides is 2. The second-order valence-electron chi connectivity index (χ2n) is 29.0. The van der Waals surface area contributed by atoms with E-state index in [1.54, 1.807) is 0 Å². The molecule has 2 aromatic heterocycles. The number of carbonyl (C=O) groups excluding carboxylic acids is 3. The predicted octanol–water partition coefficient (Wildman–Crippen LogP) is 7.95. The fraction of sp³-hybridized carbons (Fsp3) is 0.636. The fourth-order valence-electron chi connectivity index (χ4n) is 16.2. The molecule has 2 aromatic carbocycles. The minimum Gasteiger partial charge on any atom is -0.465 e. The van der Waals surface area contributed by atoms with Gasteiger partial charge in [-0.2, -0.15) is 19.9 Å². The van der Waals surface area contributed by atoms with E-state index in [1.165, 1.54) is 10.5 Å². The van der Waals surface area contributed by atoms with Gasteiger partial charge < -0.3 is 50.1 Å². The van der Waals surface area contributed by atoms with Gasteiger partial charge in [-0.1, -0.05) is 12.1 Å². The maximum absolute atomic E-state index is 14.5. The van der Waals surface area contributed by atoms with Gasteiger partial charge in [0.2, 0.25) is 11.8 Å². The zero-order valence-electron chi connectivity index (χ0n) is 52.7. The number of nitrogens with two attached hydrogens (primary N) is 2. The number of hydrogen-bond donors (Lipinski definition) is 4. The molecule has 90 heavy (non-hydrogen) atoms. The van der Waals surface area contributed by atoms with Crippen LogP contribution in [0.15, 0.2) is 36.4 Å². The molecular formula is C66H86F2N12O10. The summed E-state index contributed by atoms with van der Waals surface area (Å²) in [6.07, 6.45) is 7.76. The van der Waals surface area contributed by atoms with Gasteiger partial charge >= 0.3 is 24.2 Å². The standard InChI is InChI=1S/2C33H43FN6O5/c1-31(2,3)40(30(42)43)23-8-7-20-6-4-10-33(25(20)12-23)14-26-24(18-45-33)28(38-15-21(16-38)27(35)41)37-29(36-26)44-19-32-9-5-11-39(32)17-22(34)13-32;1-31(2,3)45-30(42)36-23-8-7-20-6-4-10-33(25(20)12-23)14-26-24(18-44-33)28(39-15-21(16-39)27(35)41)38-29(37-26)43-19-32-9-5-11-40(32)17-22(34)13-32/h7-8,12,21-22H,4-6,9-11,13-19H2,1-3H3,(H2,35,41)(H,42,43);7-8,12,21-22H,4-6,9-11,13-19H2,1-3H3,(H2,35,41)(H,36,42)/t2*22-,32+,33+/m11/s1. The number of nitrogens with zero attached hydrogens (tertiary/aromatic N) is 9. The van der Waals surface area contributed by atoms with E-state index >= 15 is 0 Å². The van der Waals surface area contributed by atoms with Crippen molar-refractivity contribution in [2.24, 2.45) is 23.3 Å². The summed E-state index contributed by atoms with van der Waals surface area (Å²) in [5, 5.41) is 13.0. The Kier molecular flexibility index (Phi) is 16.0. The van der Waals surface area contributed by atoms with Gasteiger partial charge in [0, 0.05) is 93.0 Å². The largest absolute Gasteiger partial charge is 0.465 e. The molecule has 2 spiro atoms. The Morgan fingerprint density at radius 2 is 1.14 bits per heavy atom. The molecule has 4 amide bonds. The highest BCUT2D eigenvalue weighted by Gasteiger charge is 2.52. The maximum atomic E-state index is 14.5. The van der Waals surface area contributed by atoms with E-state index in [4.69, 9.17) is 55.1 Å². The lowest BCUT2D eigenvalue weighted by Crippen LogP contribution is -2.53. The minimum atomic E-state index is -1.01. The third-order valence-corrected chi connectivity index (χ3v) is 20.6. The van der Waals surface area contributed by atoms with E-state index in [2.05, 4.69) is 21.2 Å². The van der Waals surface area contributed by atoms with E-state index in [9.17, 15) is 33.1 Å². The van der Waals surface area contributed by atoms with Crippen LogP contribution in [0.2, 0.25) is 0 Å². The van der Waals surface area contributed by atoms with E-state index in [0.717, 1.165) is 117 Å². The third-order valence-electron chi connectivity index (χ3n) is 20.6. The lowest BCUT2D eigenvalue weighted by Gasteiger charge is -2.45. The van der Waals surface area contributed by atoms with Crippen LogP contribution in [0.5, 0.6) is 12.0 Å². The molecule has 0 saturated carbocycles. The minimum absolute atomic E-state index is 0.233.